The van der Waals surface area contributed by atoms with Crippen LogP contribution in [0.4, 0.5) is 29.5 Å². The van der Waals surface area contributed by atoms with Gasteiger partial charge in [0.15, 0.2) is 17.4 Å². The van der Waals surface area contributed by atoms with E-state index in [0.717, 1.165) is 6.07 Å². The fourth-order valence-electron chi connectivity index (χ4n) is 5.35. The van der Waals surface area contributed by atoms with E-state index < -0.39 is 23.5 Å². The maximum Gasteiger partial charge on any atom is 0.320 e. The van der Waals surface area contributed by atoms with Crippen LogP contribution in [-0.4, -0.2) is 94.5 Å². The number of carbonyl (C=O) groups excluding carboxylic acids is 1. The van der Waals surface area contributed by atoms with Gasteiger partial charge in [-0.1, -0.05) is 6.07 Å². The number of halogens is 3. The van der Waals surface area contributed by atoms with Gasteiger partial charge in [-0.2, -0.15) is 0 Å². The molecule has 4 heterocycles. The lowest BCUT2D eigenvalue weighted by molar-refractivity contribution is 0.0137. The quantitative estimate of drug-likeness (QED) is 0.594. The van der Waals surface area contributed by atoms with Gasteiger partial charge in [0.2, 0.25) is 0 Å². The number of para-hydroxylation sites is 1. The standard InChI is InChI=1S/C23H28F3N7O2/c1-13-9-27-10-14(2)33(13)22(35)31-6-7-32-18-8-17(15-4-3-5-16(24)19(15)34)29-30-20(18)28-11-23(32,12-31)21(25)26/h3-5,8,13-14,21,27,34H,6-7,9-12H2,1-2H3,(H,28,30)/t13-,14+,23-/m0/s1. The van der Waals surface area contributed by atoms with Gasteiger partial charge in [-0.15, -0.1) is 10.2 Å². The summed E-state index contributed by atoms with van der Waals surface area (Å²) >= 11 is 0. The first-order chi connectivity index (χ1) is 16.7. The van der Waals surface area contributed by atoms with Crippen molar-refractivity contribution in [3.63, 3.8) is 0 Å². The first-order valence-electron chi connectivity index (χ1n) is 11.7. The van der Waals surface area contributed by atoms with Gasteiger partial charge >= 0.3 is 6.03 Å². The van der Waals surface area contributed by atoms with Crippen molar-refractivity contribution in [1.82, 2.24) is 25.3 Å². The first-order valence-corrected chi connectivity index (χ1v) is 11.7. The minimum Gasteiger partial charge on any atom is -0.504 e. The number of piperazine rings is 2. The van der Waals surface area contributed by atoms with Crippen LogP contribution in [0.2, 0.25) is 0 Å². The van der Waals surface area contributed by atoms with E-state index in [1.165, 1.54) is 23.1 Å². The molecule has 2 amide bonds. The first kappa shape index (κ1) is 23.5. The summed E-state index contributed by atoms with van der Waals surface area (Å²) in [5.74, 6) is -1.07. The van der Waals surface area contributed by atoms with Crippen LogP contribution < -0.4 is 15.5 Å². The van der Waals surface area contributed by atoms with E-state index >= 15 is 0 Å². The fraction of sp³-hybridized carbons (Fsp3) is 0.522. The molecule has 3 aliphatic heterocycles. The minimum absolute atomic E-state index is 0.0474. The number of alkyl halides is 2. The highest BCUT2D eigenvalue weighted by Gasteiger charge is 2.53. The van der Waals surface area contributed by atoms with Crippen LogP contribution in [0.1, 0.15) is 13.8 Å². The third-order valence-corrected chi connectivity index (χ3v) is 7.21. The van der Waals surface area contributed by atoms with Crippen molar-refractivity contribution in [1.29, 1.82) is 0 Å². The molecular weight excluding hydrogens is 463 g/mol. The number of nitrogens with zero attached hydrogens (tertiary/aromatic N) is 5. The molecule has 0 saturated carbocycles. The molecule has 0 unspecified atom stereocenters. The highest BCUT2D eigenvalue weighted by atomic mass is 19.3. The lowest BCUT2D eigenvalue weighted by Crippen LogP contribution is -2.73. The Bertz CT molecular complexity index is 1130. The van der Waals surface area contributed by atoms with Crippen LogP contribution in [0.3, 0.4) is 0 Å². The largest absolute Gasteiger partial charge is 0.504 e. The van der Waals surface area contributed by atoms with E-state index in [0.29, 0.717) is 24.6 Å². The van der Waals surface area contributed by atoms with Gasteiger partial charge in [0.05, 0.1) is 17.9 Å². The molecule has 3 atom stereocenters. The van der Waals surface area contributed by atoms with Gasteiger partial charge in [-0.3, -0.25) is 0 Å². The molecule has 12 heteroatoms. The maximum absolute atomic E-state index is 14.7. The number of urea groups is 1. The molecule has 3 N–H and O–H groups in total. The highest BCUT2D eigenvalue weighted by Crippen LogP contribution is 2.42. The zero-order valence-electron chi connectivity index (χ0n) is 19.5. The number of fused-ring (bicyclic) bond motifs is 3. The van der Waals surface area contributed by atoms with E-state index in [-0.39, 0.29) is 55.6 Å². The normalized spacial score (nSPS) is 26.3. The summed E-state index contributed by atoms with van der Waals surface area (Å²) in [5, 5.41) is 24.5. The zero-order valence-corrected chi connectivity index (χ0v) is 19.5. The Morgan fingerprint density at radius 1 is 1.20 bits per heavy atom. The molecule has 188 valence electrons. The second kappa shape index (κ2) is 8.74. The summed E-state index contributed by atoms with van der Waals surface area (Å²) in [7, 11) is 0. The van der Waals surface area contributed by atoms with Crippen LogP contribution in [0.25, 0.3) is 11.3 Å². The number of hydrogen-bond donors (Lipinski definition) is 3. The molecule has 0 bridgehead atoms. The number of aromatic hydroxyl groups is 1. The Hall–Kier alpha value is -3.28. The van der Waals surface area contributed by atoms with Crippen molar-refractivity contribution >= 4 is 17.5 Å². The number of nitrogens with one attached hydrogen (secondary N) is 2. The number of anilines is 2. The Balaban J connectivity index is 1.48. The van der Waals surface area contributed by atoms with Crippen LogP contribution in [-0.2, 0) is 0 Å². The third-order valence-electron chi connectivity index (χ3n) is 7.21. The fourth-order valence-corrected chi connectivity index (χ4v) is 5.35. The number of aromatic nitrogens is 2. The molecule has 0 radical (unpaired) electrons. The average molecular weight is 492 g/mol. The number of phenols is 1. The minimum atomic E-state index is -2.77. The molecule has 1 aromatic heterocycles. The van der Waals surface area contributed by atoms with Crippen molar-refractivity contribution in [2.24, 2.45) is 0 Å². The predicted octanol–water partition coefficient (Wildman–Crippen LogP) is 2.34. The molecule has 0 aliphatic carbocycles. The SMILES string of the molecule is C[C@@H]1CNC[C@H](C)N1C(=O)N1CCN2c3cc(-c4cccc(F)c4O)nnc3NC[C@@]2(C(F)F)C1. The summed E-state index contributed by atoms with van der Waals surface area (Å²) in [4.78, 5) is 18.3. The second-order valence-electron chi connectivity index (χ2n) is 9.48. The van der Waals surface area contributed by atoms with Crippen molar-refractivity contribution in [3.05, 3.63) is 30.1 Å². The monoisotopic (exact) mass is 491 g/mol. The average Bonchev–Trinajstić information content (AvgIpc) is 2.84. The van der Waals surface area contributed by atoms with Crippen molar-refractivity contribution < 1.29 is 23.1 Å². The molecule has 5 rings (SSSR count). The number of benzene rings is 1. The Kier molecular flexibility index (Phi) is 5.86. The van der Waals surface area contributed by atoms with E-state index in [1.807, 2.05) is 13.8 Å². The van der Waals surface area contributed by atoms with E-state index in [2.05, 4.69) is 20.8 Å². The molecule has 2 aromatic rings. The molecule has 0 spiro atoms. The molecule has 2 saturated heterocycles. The van der Waals surface area contributed by atoms with E-state index in [1.54, 1.807) is 9.80 Å². The van der Waals surface area contributed by atoms with Crippen LogP contribution in [0.5, 0.6) is 5.75 Å². The van der Waals surface area contributed by atoms with E-state index in [4.69, 9.17) is 0 Å². The molecule has 9 nitrogen and oxygen atoms in total. The number of hydrogen-bond acceptors (Lipinski definition) is 7. The predicted molar refractivity (Wildman–Crippen MR) is 124 cm³/mol. The number of carbonyl (C=O) groups is 1. The van der Waals surface area contributed by atoms with Crippen LogP contribution in [0.15, 0.2) is 24.3 Å². The summed E-state index contributed by atoms with van der Waals surface area (Å²) in [6.45, 7) is 5.34. The van der Waals surface area contributed by atoms with Crippen LogP contribution >= 0.6 is 0 Å². The summed E-state index contributed by atoms with van der Waals surface area (Å²) < 4.78 is 43.4. The maximum atomic E-state index is 14.7. The second-order valence-corrected chi connectivity index (χ2v) is 9.48. The van der Waals surface area contributed by atoms with Gasteiger partial charge in [-0.05, 0) is 32.0 Å². The third kappa shape index (κ3) is 3.79. The van der Waals surface area contributed by atoms with E-state index in [9.17, 15) is 23.1 Å². The molecule has 35 heavy (non-hydrogen) atoms. The Morgan fingerprint density at radius 3 is 2.66 bits per heavy atom. The Labute approximate surface area is 200 Å². The highest BCUT2D eigenvalue weighted by molar-refractivity contribution is 5.79. The summed E-state index contributed by atoms with van der Waals surface area (Å²) in [6.07, 6.45) is -2.77. The number of rotatable bonds is 2. The molecule has 3 aliphatic rings. The zero-order chi connectivity index (χ0) is 24.9. The van der Waals surface area contributed by atoms with Gasteiger partial charge in [0.1, 0.15) is 5.54 Å². The molecule has 2 fully saturated rings. The smallest absolute Gasteiger partial charge is 0.320 e. The summed E-state index contributed by atoms with van der Waals surface area (Å²) in [6, 6.07) is 5.22. The Morgan fingerprint density at radius 2 is 1.94 bits per heavy atom. The summed E-state index contributed by atoms with van der Waals surface area (Å²) in [5.41, 5.74) is -1.02. The number of amides is 2. The van der Waals surface area contributed by atoms with Gasteiger partial charge in [0.25, 0.3) is 6.43 Å². The van der Waals surface area contributed by atoms with Crippen molar-refractivity contribution in [2.45, 2.75) is 37.9 Å². The van der Waals surface area contributed by atoms with Crippen LogP contribution in [0, 0.1) is 5.82 Å². The molecule has 1 aromatic carbocycles. The van der Waals surface area contributed by atoms with Crippen molar-refractivity contribution in [2.75, 3.05) is 49.5 Å². The lowest BCUT2D eigenvalue weighted by atomic mass is 9.90. The van der Waals surface area contributed by atoms with Gasteiger partial charge in [-0.25, -0.2) is 18.0 Å². The van der Waals surface area contributed by atoms with Gasteiger partial charge in [0, 0.05) is 50.4 Å². The topological polar surface area (TPSA) is 96.9 Å². The van der Waals surface area contributed by atoms with Gasteiger partial charge < -0.3 is 30.4 Å². The molecular formula is C23H28F3N7O2. The van der Waals surface area contributed by atoms with Crippen molar-refractivity contribution in [3.8, 4) is 17.0 Å². The number of phenolic OH excluding ortho intramolecular Hbond substituents is 1. The lowest BCUT2D eigenvalue weighted by Gasteiger charge is -2.54.